The van der Waals surface area contributed by atoms with Gasteiger partial charge in [0.25, 0.3) is 0 Å². The van der Waals surface area contributed by atoms with E-state index in [1.165, 1.54) is 11.3 Å². The number of fused-ring (bicyclic) bond motifs is 1. The van der Waals surface area contributed by atoms with E-state index in [0.29, 0.717) is 13.1 Å². The molecule has 0 unspecified atom stereocenters. The van der Waals surface area contributed by atoms with E-state index in [4.69, 9.17) is 4.74 Å². The summed E-state index contributed by atoms with van der Waals surface area (Å²) in [6, 6.07) is 7.67. The highest BCUT2D eigenvalue weighted by atomic mass is 32.1. The van der Waals surface area contributed by atoms with Crippen molar-refractivity contribution in [3.05, 3.63) is 36.7 Å². The Morgan fingerprint density at radius 3 is 3.04 bits per heavy atom. The van der Waals surface area contributed by atoms with Gasteiger partial charge in [-0.15, -0.1) is 0 Å². The van der Waals surface area contributed by atoms with Crippen molar-refractivity contribution in [2.75, 3.05) is 18.6 Å². The van der Waals surface area contributed by atoms with Crippen LogP contribution in [0.5, 0.6) is 5.75 Å². The second kappa shape index (κ2) is 6.24. The van der Waals surface area contributed by atoms with Gasteiger partial charge >= 0.3 is 0 Å². The van der Waals surface area contributed by atoms with Gasteiger partial charge in [0.1, 0.15) is 5.75 Å². The molecule has 0 atom stereocenters. The maximum atomic E-state index is 12.7. The van der Waals surface area contributed by atoms with Crippen LogP contribution in [0.4, 0.5) is 5.13 Å². The van der Waals surface area contributed by atoms with Gasteiger partial charge in [0.2, 0.25) is 5.91 Å². The number of carbonyl (C=O) groups is 1. The van der Waals surface area contributed by atoms with Crippen molar-refractivity contribution in [3.8, 4) is 5.75 Å². The van der Waals surface area contributed by atoms with Gasteiger partial charge in [-0.2, -0.15) is 5.10 Å². The van der Waals surface area contributed by atoms with Crippen molar-refractivity contribution in [2.24, 2.45) is 5.92 Å². The fraction of sp³-hybridized carbons (Fsp3) is 0.353. The first-order valence-corrected chi connectivity index (χ1v) is 8.79. The van der Waals surface area contributed by atoms with Gasteiger partial charge in [-0.25, -0.2) is 4.98 Å². The number of amides is 1. The molecule has 2 heterocycles. The van der Waals surface area contributed by atoms with Crippen molar-refractivity contribution in [1.29, 1.82) is 0 Å². The Hall–Kier alpha value is -2.41. The molecule has 1 aliphatic carbocycles. The van der Waals surface area contributed by atoms with E-state index in [0.717, 1.165) is 33.9 Å². The maximum absolute atomic E-state index is 12.7. The van der Waals surface area contributed by atoms with Gasteiger partial charge in [0.05, 0.1) is 23.9 Å². The number of rotatable bonds is 6. The number of ether oxygens (including phenoxy) is 1. The van der Waals surface area contributed by atoms with Crippen LogP contribution in [0.15, 0.2) is 36.7 Å². The fourth-order valence-corrected chi connectivity index (χ4v) is 3.65. The molecule has 1 aromatic carbocycles. The highest BCUT2D eigenvalue weighted by molar-refractivity contribution is 7.22. The van der Waals surface area contributed by atoms with Gasteiger partial charge in [0.15, 0.2) is 5.13 Å². The second-order valence-corrected chi connectivity index (χ2v) is 6.87. The summed E-state index contributed by atoms with van der Waals surface area (Å²) >= 11 is 1.53. The lowest BCUT2D eigenvalue weighted by Crippen LogP contribution is -2.35. The number of anilines is 1. The summed E-state index contributed by atoms with van der Waals surface area (Å²) in [5.74, 6) is 1.13. The molecule has 0 aliphatic heterocycles. The maximum Gasteiger partial charge on any atom is 0.231 e. The SMILES string of the molecule is COc1ccc2nc(N(CCn3cccn3)C(=O)C3CC3)sc2c1. The molecule has 0 saturated heterocycles. The van der Waals surface area contributed by atoms with E-state index < -0.39 is 0 Å². The number of hydrogen-bond acceptors (Lipinski definition) is 5. The molecule has 1 fully saturated rings. The smallest absolute Gasteiger partial charge is 0.231 e. The van der Waals surface area contributed by atoms with Crippen molar-refractivity contribution >= 4 is 32.6 Å². The molecule has 0 radical (unpaired) electrons. The first-order valence-electron chi connectivity index (χ1n) is 7.98. The topological polar surface area (TPSA) is 60.2 Å². The summed E-state index contributed by atoms with van der Waals surface area (Å²) in [6.45, 7) is 1.23. The molecule has 1 aliphatic rings. The van der Waals surface area contributed by atoms with E-state index in [2.05, 4.69) is 10.1 Å². The first-order chi connectivity index (χ1) is 11.7. The predicted molar refractivity (Wildman–Crippen MR) is 93.5 cm³/mol. The number of thiazole rings is 1. The summed E-state index contributed by atoms with van der Waals surface area (Å²) < 4.78 is 8.13. The highest BCUT2D eigenvalue weighted by Gasteiger charge is 2.35. The normalized spacial score (nSPS) is 14.0. The molecular weight excluding hydrogens is 324 g/mol. The Bertz CT molecular complexity index is 855. The second-order valence-electron chi connectivity index (χ2n) is 5.86. The molecule has 4 rings (SSSR count). The summed E-state index contributed by atoms with van der Waals surface area (Å²) in [5, 5.41) is 4.96. The van der Waals surface area contributed by atoms with Crippen LogP contribution >= 0.6 is 11.3 Å². The Kier molecular flexibility index (Phi) is 3.93. The Morgan fingerprint density at radius 2 is 2.33 bits per heavy atom. The van der Waals surface area contributed by atoms with Crippen LogP contribution in [0.25, 0.3) is 10.2 Å². The molecule has 124 valence electrons. The number of methoxy groups -OCH3 is 1. The third-order valence-electron chi connectivity index (χ3n) is 4.12. The van der Waals surface area contributed by atoms with E-state index in [1.54, 1.807) is 13.3 Å². The van der Waals surface area contributed by atoms with Gasteiger partial charge in [-0.3, -0.25) is 14.4 Å². The predicted octanol–water partition coefficient (Wildman–Crippen LogP) is 2.94. The lowest BCUT2D eigenvalue weighted by molar-refractivity contribution is -0.119. The minimum Gasteiger partial charge on any atom is -0.497 e. The largest absolute Gasteiger partial charge is 0.497 e. The molecule has 7 heteroatoms. The lowest BCUT2D eigenvalue weighted by Gasteiger charge is -2.19. The van der Waals surface area contributed by atoms with Gasteiger partial charge in [0, 0.05) is 24.9 Å². The van der Waals surface area contributed by atoms with Crippen LogP contribution < -0.4 is 9.64 Å². The van der Waals surface area contributed by atoms with Crippen molar-refractivity contribution in [1.82, 2.24) is 14.8 Å². The zero-order valence-corrected chi connectivity index (χ0v) is 14.2. The van der Waals surface area contributed by atoms with E-state index in [-0.39, 0.29) is 11.8 Å². The quantitative estimate of drug-likeness (QED) is 0.691. The minimum absolute atomic E-state index is 0.157. The molecule has 0 bridgehead atoms. The van der Waals surface area contributed by atoms with Crippen LogP contribution in [-0.2, 0) is 11.3 Å². The minimum atomic E-state index is 0.157. The van der Waals surface area contributed by atoms with Gasteiger partial charge in [-0.05, 0) is 37.1 Å². The highest BCUT2D eigenvalue weighted by Crippen LogP contribution is 2.36. The Morgan fingerprint density at radius 1 is 1.46 bits per heavy atom. The first kappa shape index (κ1) is 15.1. The summed E-state index contributed by atoms with van der Waals surface area (Å²) in [7, 11) is 1.65. The van der Waals surface area contributed by atoms with E-state index in [1.807, 2.05) is 40.0 Å². The average Bonchev–Trinajstić information content (AvgIpc) is 3.16. The molecule has 3 aromatic rings. The zero-order chi connectivity index (χ0) is 16.5. The van der Waals surface area contributed by atoms with Crippen LogP contribution in [0, 0.1) is 5.92 Å². The van der Waals surface area contributed by atoms with Crippen LogP contribution in [0.3, 0.4) is 0 Å². The van der Waals surface area contributed by atoms with Gasteiger partial charge < -0.3 is 4.74 Å². The fourth-order valence-electron chi connectivity index (χ4n) is 2.62. The zero-order valence-electron chi connectivity index (χ0n) is 13.4. The number of carbonyl (C=O) groups excluding carboxylic acids is 1. The van der Waals surface area contributed by atoms with Crippen LogP contribution in [0.2, 0.25) is 0 Å². The van der Waals surface area contributed by atoms with Crippen molar-refractivity contribution < 1.29 is 9.53 Å². The molecule has 2 aromatic heterocycles. The number of nitrogens with zero attached hydrogens (tertiary/aromatic N) is 4. The molecule has 24 heavy (non-hydrogen) atoms. The summed E-state index contributed by atoms with van der Waals surface area (Å²) in [5.41, 5.74) is 0.892. The molecular formula is C17H18N4O2S. The third-order valence-corrected chi connectivity index (χ3v) is 5.16. The van der Waals surface area contributed by atoms with E-state index >= 15 is 0 Å². The van der Waals surface area contributed by atoms with Crippen molar-refractivity contribution in [2.45, 2.75) is 19.4 Å². The summed E-state index contributed by atoms with van der Waals surface area (Å²) in [6.07, 6.45) is 5.62. The average molecular weight is 342 g/mol. The van der Waals surface area contributed by atoms with E-state index in [9.17, 15) is 4.79 Å². The number of hydrogen-bond donors (Lipinski definition) is 0. The van der Waals surface area contributed by atoms with Crippen molar-refractivity contribution in [3.63, 3.8) is 0 Å². The molecule has 6 nitrogen and oxygen atoms in total. The summed E-state index contributed by atoms with van der Waals surface area (Å²) in [4.78, 5) is 19.2. The molecule has 1 saturated carbocycles. The Labute approximate surface area is 143 Å². The monoisotopic (exact) mass is 342 g/mol. The molecule has 0 N–H and O–H groups in total. The third kappa shape index (κ3) is 2.99. The number of benzene rings is 1. The molecule has 0 spiro atoms. The van der Waals surface area contributed by atoms with Crippen LogP contribution in [-0.4, -0.2) is 34.3 Å². The van der Waals surface area contributed by atoms with Crippen LogP contribution in [0.1, 0.15) is 12.8 Å². The molecule has 1 amide bonds. The standard InChI is InChI=1S/C17H18N4O2S/c1-23-13-5-6-14-15(11-13)24-17(19-14)21(16(22)12-3-4-12)10-9-20-8-2-7-18-20/h2,5-8,11-12H,3-4,9-10H2,1H3. The van der Waals surface area contributed by atoms with Gasteiger partial charge in [-0.1, -0.05) is 11.3 Å². The Balaban J connectivity index is 1.62. The lowest BCUT2D eigenvalue weighted by atomic mass is 10.3. The number of aromatic nitrogens is 3.